The third kappa shape index (κ3) is 2.95. The van der Waals surface area contributed by atoms with Crippen LogP contribution in [0.5, 0.6) is 0 Å². The van der Waals surface area contributed by atoms with Crippen molar-refractivity contribution in [2.75, 3.05) is 0 Å². The lowest BCUT2D eigenvalue weighted by Crippen LogP contribution is -2.37. The fraction of sp³-hybridized carbons (Fsp3) is 0.182. The normalized spacial score (nSPS) is 18.8. The molecule has 104 valence electrons. The Kier molecular flexibility index (Phi) is 4.32. The van der Waals surface area contributed by atoms with E-state index in [1.54, 1.807) is 25.1 Å². The van der Waals surface area contributed by atoms with Gasteiger partial charge in [0, 0.05) is 5.02 Å². The van der Waals surface area contributed by atoms with Gasteiger partial charge in [0.05, 0.1) is 10.7 Å². The van der Waals surface area contributed by atoms with Gasteiger partial charge in [-0.05, 0) is 37.3 Å². The van der Waals surface area contributed by atoms with E-state index in [4.69, 9.17) is 41.2 Å². The van der Waals surface area contributed by atoms with Crippen molar-refractivity contribution in [2.24, 2.45) is 21.1 Å². The highest BCUT2D eigenvalue weighted by atomic mass is 35.5. The summed E-state index contributed by atoms with van der Waals surface area (Å²) >= 11 is 16.5. The number of thiocarbonyl (C=S) groups is 1. The minimum absolute atomic E-state index is 0.132. The van der Waals surface area contributed by atoms with Gasteiger partial charge in [-0.25, -0.2) is 0 Å². The zero-order chi connectivity index (χ0) is 14.9. The molecule has 0 aromatic heterocycles. The molecule has 6 nitrogen and oxygen atoms in total. The Morgan fingerprint density at radius 3 is 2.80 bits per heavy atom. The average Bonchev–Trinajstić information content (AvgIpc) is 2.67. The van der Waals surface area contributed by atoms with E-state index in [-0.39, 0.29) is 5.11 Å². The van der Waals surface area contributed by atoms with Gasteiger partial charge in [-0.15, -0.1) is 0 Å². The molecule has 9 heteroatoms. The van der Waals surface area contributed by atoms with Crippen molar-refractivity contribution in [1.82, 2.24) is 5.01 Å². The predicted molar refractivity (Wildman–Crippen MR) is 81.5 cm³/mol. The molecule has 1 aromatic rings. The first-order valence-corrected chi connectivity index (χ1v) is 6.61. The first-order chi connectivity index (χ1) is 9.40. The zero-order valence-corrected chi connectivity index (χ0v) is 12.6. The van der Waals surface area contributed by atoms with Crippen LogP contribution in [0.2, 0.25) is 10.0 Å². The van der Waals surface area contributed by atoms with Crippen LogP contribution in [-0.2, 0) is 4.79 Å². The number of rotatable bonds is 2. The molecule has 1 amide bonds. The Hall–Kier alpha value is -1.57. The van der Waals surface area contributed by atoms with E-state index >= 15 is 0 Å². The predicted octanol–water partition coefficient (Wildman–Crippen LogP) is 2.91. The number of nitrogens with two attached hydrogens (primary N) is 1. The number of carbonyl (C=O) groups is 1. The van der Waals surface area contributed by atoms with Crippen LogP contribution in [0.25, 0.3) is 0 Å². The van der Waals surface area contributed by atoms with Gasteiger partial charge >= 0.3 is 0 Å². The van der Waals surface area contributed by atoms with Gasteiger partial charge in [0.25, 0.3) is 5.91 Å². The summed E-state index contributed by atoms with van der Waals surface area (Å²) in [5.41, 5.74) is 6.20. The second kappa shape index (κ2) is 5.82. The lowest BCUT2D eigenvalue weighted by molar-refractivity contribution is -0.126. The minimum atomic E-state index is -0.855. The molecule has 0 bridgehead atoms. The summed E-state index contributed by atoms with van der Waals surface area (Å²) in [5.74, 6) is -0.447. The third-order valence-electron chi connectivity index (χ3n) is 2.49. The average molecular weight is 330 g/mol. The Labute approximate surface area is 130 Å². The van der Waals surface area contributed by atoms with E-state index in [1.165, 1.54) is 0 Å². The smallest absolute Gasteiger partial charge is 0.282 e. The standard InChI is InChI=1S/C11H9Cl2N5OS/c1-5-9(10(19)18(17-5)11(14)20)16-15-8-4-6(12)2-3-7(8)13/h2-4,9H,1H3,(H2,14,20)/t9-/m0/s1. The second-order valence-electron chi connectivity index (χ2n) is 3.94. The van der Waals surface area contributed by atoms with Crippen LogP contribution in [0, 0.1) is 0 Å². The summed E-state index contributed by atoms with van der Waals surface area (Å²) in [6.07, 6.45) is 0. The number of nitrogens with zero attached hydrogens (tertiary/aromatic N) is 4. The summed E-state index contributed by atoms with van der Waals surface area (Å²) in [4.78, 5) is 12.0. The molecule has 1 aliphatic rings. The molecule has 0 saturated carbocycles. The number of hydrogen-bond donors (Lipinski definition) is 1. The molecule has 2 rings (SSSR count). The van der Waals surface area contributed by atoms with Crippen LogP contribution in [0.3, 0.4) is 0 Å². The molecule has 1 heterocycles. The van der Waals surface area contributed by atoms with E-state index in [0.717, 1.165) is 5.01 Å². The van der Waals surface area contributed by atoms with Crippen LogP contribution < -0.4 is 5.73 Å². The Balaban J connectivity index is 2.24. The number of hydrogen-bond acceptors (Lipinski definition) is 5. The van der Waals surface area contributed by atoms with Crippen molar-refractivity contribution >= 4 is 57.8 Å². The second-order valence-corrected chi connectivity index (χ2v) is 5.21. The minimum Gasteiger partial charge on any atom is -0.374 e. The largest absolute Gasteiger partial charge is 0.374 e. The third-order valence-corrected chi connectivity index (χ3v) is 3.22. The summed E-state index contributed by atoms with van der Waals surface area (Å²) in [6, 6.07) is 3.92. The molecule has 0 saturated heterocycles. The molecule has 0 spiro atoms. The lowest BCUT2D eigenvalue weighted by atomic mass is 10.2. The van der Waals surface area contributed by atoms with Crippen molar-refractivity contribution in [3.63, 3.8) is 0 Å². The van der Waals surface area contributed by atoms with Crippen LogP contribution in [0.1, 0.15) is 6.92 Å². The quantitative estimate of drug-likeness (QED) is 0.668. The van der Waals surface area contributed by atoms with Gasteiger partial charge in [0.2, 0.25) is 0 Å². The number of azo groups is 1. The monoisotopic (exact) mass is 329 g/mol. The molecule has 0 aliphatic carbocycles. The fourth-order valence-electron chi connectivity index (χ4n) is 1.53. The molecule has 1 aromatic carbocycles. The highest BCUT2D eigenvalue weighted by Crippen LogP contribution is 2.29. The Morgan fingerprint density at radius 2 is 2.20 bits per heavy atom. The molecule has 20 heavy (non-hydrogen) atoms. The van der Waals surface area contributed by atoms with Gasteiger partial charge in [-0.3, -0.25) is 4.79 Å². The van der Waals surface area contributed by atoms with E-state index < -0.39 is 11.9 Å². The number of benzene rings is 1. The summed E-state index contributed by atoms with van der Waals surface area (Å²) < 4.78 is 0. The number of hydrazone groups is 1. The maximum absolute atomic E-state index is 12.0. The van der Waals surface area contributed by atoms with Gasteiger partial charge in [-0.1, -0.05) is 23.2 Å². The molecular weight excluding hydrogens is 321 g/mol. The highest BCUT2D eigenvalue weighted by molar-refractivity contribution is 7.80. The molecule has 0 unspecified atom stereocenters. The van der Waals surface area contributed by atoms with Crippen LogP contribution in [-0.4, -0.2) is 27.8 Å². The van der Waals surface area contributed by atoms with Gasteiger partial charge in [0.15, 0.2) is 11.2 Å². The Morgan fingerprint density at radius 1 is 1.50 bits per heavy atom. The van der Waals surface area contributed by atoms with E-state index in [9.17, 15) is 4.79 Å². The first kappa shape index (κ1) is 14.8. The highest BCUT2D eigenvalue weighted by Gasteiger charge is 2.35. The Bertz CT molecular complexity index is 646. The van der Waals surface area contributed by atoms with E-state index in [2.05, 4.69) is 15.3 Å². The number of halogens is 2. The fourth-order valence-corrected chi connectivity index (χ4v) is 1.98. The molecule has 0 fully saturated rings. The molecule has 1 atom stereocenters. The SMILES string of the molecule is CC1=NN(C(N)=S)C(=O)[C@H]1N=Nc1cc(Cl)ccc1Cl. The van der Waals surface area contributed by atoms with Gasteiger partial charge in [0.1, 0.15) is 5.69 Å². The zero-order valence-electron chi connectivity index (χ0n) is 10.2. The van der Waals surface area contributed by atoms with Gasteiger partial charge in [-0.2, -0.15) is 20.3 Å². The summed E-state index contributed by atoms with van der Waals surface area (Å²) in [5, 5.41) is 13.4. The maximum atomic E-state index is 12.0. The van der Waals surface area contributed by atoms with E-state index in [1.807, 2.05) is 0 Å². The van der Waals surface area contributed by atoms with Gasteiger partial charge < -0.3 is 5.73 Å². The molecule has 2 N–H and O–H groups in total. The van der Waals surface area contributed by atoms with Crippen molar-refractivity contribution in [3.8, 4) is 0 Å². The van der Waals surface area contributed by atoms with Crippen molar-refractivity contribution in [1.29, 1.82) is 0 Å². The maximum Gasteiger partial charge on any atom is 0.282 e. The molecule has 1 aliphatic heterocycles. The van der Waals surface area contributed by atoms with E-state index in [0.29, 0.717) is 21.4 Å². The molecule has 0 radical (unpaired) electrons. The first-order valence-electron chi connectivity index (χ1n) is 5.44. The molecular formula is C11H9Cl2N5OS. The summed E-state index contributed by atoms with van der Waals surface area (Å²) in [6.45, 7) is 1.64. The van der Waals surface area contributed by atoms with Crippen LogP contribution in [0.4, 0.5) is 5.69 Å². The topological polar surface area (TPSA) is 83.4 Å². The van der Waals surface area contributed by atoms with Crippen molar-refractivity contribution in [3.05, 3.63) is 28.2 Å². The van der Waals surface area contributed by atoms with Crippen molar-refractivity contribution < 1.29 is 4.79 Å². The van der Waals surface area contributed by atoms with Crippen LogP contribution >= 0.6 is 35.4 Å². The van der Waals surface area contributed by atoms with Crippen molar-refractivity contribution in [2.45, 2.75) is 13.0 Å². The summed E-state index contributed by atoms with van der Waals surface area (Å²) in [7, 11) is 0. The number of carbonyl (C=O) groups excluding carboxylic acids is 1. The lowest BCUT2D eigenvalue weighted by Gasteiger charge is -2.08. The number of amides is 1. The van der Waals surface area contributed by atoms with Crippen LogP contribution in [0.15, 0.2) is 33.5 Å².